The molecule has 1 saturated heterocycles. The lowest BCUT2D eigenvalue weighted by Crippen LogP contribution is -2.04. The molecule has 0 spiro atoms. The average Bonchev–Trinajstić information content (AvgIpc) is 3.09. The first-order chi connectivity index (χ1) is 8.86. The number of hydrogen-bond donors (Lipinski definition) is 1. The Labute approximate surface area is 103 Å². The van der Waals surface area contributed by atoms with E-state index in [0.717, 1.165) is 26.1 Å². The van der Waals surface area contributed by atoms with E-state index >= 15 is 0 Å². The van der Waals surface area contributed by atoms with Gasteiger partial charge in [-0.05, 0) is 12.3 Å². The molecule has 0 radical (unpaired) electrons. The minimum absolute atomic E-state index is 0.328. The Morgan fingerprint density at radius 2 is 2.50 bits per heavy atom. The monoisotopic (exact) mass is 245 g/mol. The quantitative estimate of drug-likeness (QED) is 0.862. The molecule has 0 bridgehead atoms. The van der Waals surface area contributed by atoms with Gasteiger partial charge >= 0.3 is 0 Å². The highest BCUT2D eigenvalue weighted by atomic mass is 16.5. The summed E-state index contributed by atoms with van der Waals surface area (Å²) in [5, 5.41) is 19.2. The molecule has 1 aliphatic rings. The highest BCUT2D eigenvalue weighted by molar-refractivity contribution is 5.58. The molecule has 1 aliphatic heterocycles. The lowest BCUT2D eigenvalue weighted by molar-refractivity contribution is 0.185. The first-order valence-electron chi connectivity index (χ1n) is 5.71. The lowest BCUT2D eigenvalue weighted by Gasteiger charge is -2.00. The molecule has 1 N–H and O–H groups in total. The third-order valence-corrected chi connectivity index (χ3v) is 2.94. The van der Waals surface area contributed by atoms with E-state index in [0.29, 0.717) is 28.9 Å². The molecule has 1 atom stereocenters. The molecule has 3 rings (SSSR count). The molecule has 0 saturated carbocycles. The number of aromatic amines is 1. The number of nitrogens with one attached hydrogen (secondary N) is 1. The van der Waals surface area contributed by atoms with E-state index in [1.165, 1.54) is 6.20 Å². The van der Waals surface area contributed by atoms with E-state index in [9.17, 15) is 0 Å². The minimum atomic E-state index is 0.328. The Bertz CT molecular complexity index is 576. The maximum atomic E-state index is 8.88. The van der Waals surface area contributed by atoms with Gasteiger partial charge in [-0.25, -0.2) is 0 Å². The second kappa shape index (κ2) is 4.58. The third-order valence-electron chi connectivity index (χ3n) is 2.94. The van der Waals surface area contributed by atoms with Crippen molar-refractivity contribution in [3.63, 3.8) is 0 Å². The lowest BCUT2D eigenvalue weighted by atomic mass is 10.1. The fourth-order valence-electron chi connectivity index (χ4n) is 1.98. The SMILES string of the molecule is N#Cc1[nH]ncc1-c1nc(CC2CCOC2)no1. The van der Waals surface area contributed by atoms with Crippen molar-refractivity contribution in [3.8, 4) is 17.5 Å². The van der Waals surface area contributed by atoms with Gasteiger partial charge in [0.1, 0.15) is 11.8 Å². The van der Waals surface area contributed by atoms with Gasteiger partial charge < -0.3 is 9.26 Å². The van der Waals surface area contributed by atoms with Crippen LogP contribution in [-0.4, -0.2) is 33.6 Å². The number of nitrogens with zero attached hydrogens (tertiary/aromatic N) is 4. The van der Waals surface area contributed by atoms with Crippen molar-refractivity contribution in [2.45, 2.75) is 12.8 Å². The standard InChI is InChI=1S/C11H11N5O2/c12-4-9-8(5-13-15-9)11-14-10(16-18-11)3-7-1-2-17-6-7/h5,7H,1-3,6H2,(H,13,15). The van der Waals surface area contributed by atoms with Crippen LogP contribution in [0.1, 0.15) is 17.9 Å². The Morgan fingerprint density at radius 3 is 3.28 bits per heavy atom. The molecule has 0 aliphatic carbocycles. The van der Waals surface area contributed by atoms with Crippen molar-refractivity contribution < 1.29 is 9.26 Å². The summed E-state index contributed by atoms with van der Waals surface area (Å²) >= 11 is 0. The number of aromatic nitrogens is 4. The molecular formula is C11H11N5O2. The highest BCUT2D eigenvalue weighted by Crippen LogP contribution is 2.21. The zero-order valence-electron chi connectivity index (χ0n) is 9.59. The summed E-state index contributed by atoms with van der Waals surface area (Å²) in [5.74, 6) is 1.43. The topological polar surface area (TPSA) is 101 Å². The molecule has 18 heavy (non-hydrogen) atoms. The van der Waals surface area contributed by atoms with Gasteiger partial charge in [0, 0.05) is 19.6 Å². The van der Waals surface area contributed by atoms with Crippen LogP contribution in [0.2, 0.25) is 0 Å². The Balaban J connectivity index is 1.79. The summed E-state index contributed by atoms with van der Waals surface area (Å²) in [4.78, 5) is 4.28. The molecule has 2 aromatic rings. The molecule has 3 heterocycles. The Kier molecular flexibility index (Phi) is 2.78. The first-order valence-corrected chi connectivity index (χ1v) is 5.71. The fourth-order valence-corrected chi connectivity index (χ4v) is 1.98. The second-order valence-electron chi connectivity index (χ2n) is 4.22. The normalized spacial score (nSPS) is 18.9. The Hall–Kier alpha value is -2.20. The first kappa shape index (κ1) is 10.9. The van der Waals surface area contributed by atoms with Crippen LogP contribution in [-0.2, 0) is 11.2 Å². The maximum Gasteiger partial charge on any atom is 0.262 e. The van der Waals surface area contributed by atoms with Crippen molar-refractivity contribution in [1.82, 2.24) is 20.3 Å². The number of H-pyrrole nitrogens is 1. The minimum Gasteiger partial charge on any atom is -0.381 e. The predicted molar refractivity (Wildman–Crippen MR) is 59.2 cm³/mol. The molecule has 7 nitrogen and oxygen atoms in total. The van der Waals surface area contributed by atoms with Crippen molar-refractivity contribution in [2.24, 2.45) is 5.92 Å². The van der Waals surface area contributed by atoms with Crippen molar-refractivity contribution in [1.29, 1.82) is 5.26 Å². The van der Waals surface area contributed by atoms with Gasteiger partial charge in [0.25, 0.3) is 5.89 Å². The summed E-state index contributed by atoms with van der Waals surface area (Å²) in [5.41, 5.74) is 0.869. The third kappa shape index (κ3) is 1.98. The number of ether oxygens (including phenoxy) is 1. The van der Waals surface area contributed by atoms with Crippen LogP contribution in [0.5, 0.6) is 0 Å². The van der Waals surface area contributed by atoms with Crippen molar-refractivity contribution in [2.75, 3.05) is 13.2 Å². The van der Waals surface area contributed by atoms with Crippen molar-refractivity contribution >= 4 is 0 Å². The van der Waals surface area contributed by atoms with Crippen LogP contribution in [0, 0.1) is 17.2 Å². The van der Waals surface area contributed by atoms with E-state index in [1.54, 1.807) is 0 Å². The van der Waals surface area contributed by atoms with Crippen LogP contribution in [0.3, 0.4) is 0 Å². The molecule has 1 fully saturated rings. The largest absolute Gasteiger partial charge is 0.381 e. The zero-order chi connectivity index (χ0) is 12.4. The van der Waals surface area contributed by atoms with Crippen molar-refractivity contribution in [3.05, 3.63) is 17.7 Å². The van der Waals surface area contributed by atoms with E-state index in [-0.39, 0.29) is 0 Å². The summed E-state index contributed by atoms with van der Waals surface area (Å²) in [6.45, 7) is 1.55. The van der Waals surface area contributed by atoms with Gasteiger partial charge in [0.15, 0.2) is 5.82 Å². The van der Waals surface area contributed by atoms with Gasteiger partial charge in [-0.2, -0.15) is 15.3 Å². The van der Waals surface area contributed by atoms with E-state index < -0.39 is 0 Å². The zero-order valence-corrected chi connectivity index (χ0v) is 9.59. The maximum absolute atomic E-state index is 8.88. The molecule has 1 unspecified atom stereocenters. The van der Waals surface area contributed by atoms with E-state index in [1.807, 2.05) is 6.07 Å². The number of rotatable bonds is 3. The summed E-state index contributed by atoms with van der Waals surface area (Å²) < 4.78 is 10.4. The molecular weight excluding hydrogens is 234 g/mol. The molecule has 7 heteroatoms. The van der Waals surface area contributed by atoms with Crippen LogP contribution in [0.15, 0.2) is 10.7 Å². The molecule has 92 valence electrons. The Morgan fingerprint density at radius 1 is 1.56 bits per heavy atom. The summed E-state index contributed by atoms with van der Waals surface area (Å²) in [7, 11) is 0. The predicted octanol–water partition coefficient (Wildman–Crippen LogP) is 0.910. The van der Waals surface area contributed by atoms with Gasteiger partial charge in [0.05, 0.1) is 11.8 Å². The van der Waals surface area contributed by atoms with E-state index in [2.05, 4.69) is 20.3 Å². The van der Waals surface area contributed by atoms with Crippen LogP contribution < -0.4 is 0 Å². The summed E-state index contributed by atoms with van der Waals surface area (Å²) in [6.07, 6.45) is 3.27. The van der Waals surface area contributed by atoms with Crippen LogP contribution >= 0.6 is 0 Å². The summed E-state index contributed by atoms with van der Waals surface area (Å²) in [6, 6.07) is 1.99. The average molecular weight is 245 g/mol. The fraction of sp³-hybridized carbons (Fsp3) is 0.455. The van der Waals surface area contributed by atoms with Gasteiger partial charge in [-0.3, -0.25) is 5.10 Å². The smallest absolute Gasteiger partial charge is 0.262 e. The molecule has 0 aromatic carbocycles. The molecule has 2 aromatic heterocycles. The van der Waals surface area contributed by atoms with Gasteiger partial charge in [-0.1, -0.05) is 5.16 Å². The van der Waals surface area contributed by atoms with Crippen LogP contribution in [0.4, 0.5) is 0 Å². The van der Waals surface area contributed by atoms with Crippen LogP contribution in [0.25, 0.3) is 11.5 Å². The number of nitriles is 1. The van der Waals surface area contributed by atoms with Gasteiger partial charge in [0.2, 0.25) is 0 Å². The van der Waals surface area contributed by atoms with E-state index in [4.69, 9.17) is 14.5 Å². The second-order valence-corrected chi connectivity index (χ2v) is 4.22. The molecule has 0 amide bonds. The number of hydrogen-bond acceptors (Lipinski definition) is 6. The highest BCUT2D eigenvalue weighted by Gasteiger charge is 2.20. The van der Waals surface area contributed by atoms with Gasteiger partial charge in [-0.15, -0.1) is 0 Å².